The topological polar surface area (TPSA) is 91.1 Å². The number of carbonyl (C=O) groups is 1. The van der Waals surface area contributed by atoms with Crippen molar-refractivity contribution in [3.63, 3.8) is 0 Å². The number of aromatic nitrogens is 2. The average Bonchev–Trinajstić information content (AvgIpc) is 2.72. The summed E-state index contributed by atoms with van der Waals surface area (Å²) >= 11 is 0. The van der Waals surface area contributed by atoms with Gasteiger partial charge < -0.3 is 15.0 Å². The molecule has 1 aromatic carbocycles. The van der Waals surface area contributed by atoms with Crippen molar-refractivity contribution in [1.29, 1.82) is 5.26 Å². The number of amides is 1. The zero-order valence-electron chi connectivity index (χ0n) is 15.4. The van der Waals surface area contributed by atoms with Crippen molar-refractivity contribution in [3.8, 4) is 11.8 Å². The largest absolute Gasteiger partial charge is 0.484 e. The van der Waals surface area contributed by atoms with E-state index in [-0.39, 0.29) is 12.5 Å². The number of rotatable bonds is 6. The maximum atomic E-state index is 12.0. The number of hydrogen-bond donors (Lipinski definition) is 1. The fourth-order valence-electron chi connectivity index (χ4n) is 3.16. The van der Waals surface area contributed by atoms with Gasteiger partial charge in [0, 0.05) is 32.0 Å². The molecular formula is C20H23N5O2. The van der Waals surface area contributed by atoms with Crippen LogP contribution < -0.4 is 15.0 Å². The summed E-state index contributed by atoms with van der Waals surface area (Å²) in [4.78, 5) is 22.5. The third-order valence-electron chi connectivity index (χ3n) is 4.74. The quantitative estimate of drug-likeness (QED) is 0.843. The molecule has 0 unspecified atom stereocenters. The van der Waals surface area contributed by atoms with E-state index >= 15 is 0 Å². The number of aryl methyl sites for hydroxylation is 1. The van der Waals surface area contributed by atoms with Crippen molar-refractivity contribution >= 4 is 11.7 Å². The molecule has 1 amide bonds. The monoisotopic (exact) mass is 365 g/mol. The van der Waals surface area contributed by atoms with E-state index in [1.165, 1.54) is 6.20 Å². The minimum atomic E-state index is -0.110. The van der Waals surface area contributed by atoms with E-state index in [0.29, 0.717) is 24.0 Å². The molecule has 7 heteroatoms. The van der Waals surface area contributed by atoms with Crippen LogP contribution in [0.1, 0.15) is 24.1 Å². The second kappa shape index (κ2) is 8.99. The Morgan fingerprint density at radius 3 is 2.78 bits per heavy atom. The predicted octanol–water partition coefficient (Wildman–Crippen LogP) is 2.07. The zero-order valence-corrected chi connectivity index (χ0v) is 15.4. The number of benzene rings is 1. The van der Waals surface area contributed by atoms with Crippen LogP contribution in [0.15, 0.2) is 36.7 Å². The number of piperidine rings is 1. The highest BCUT2D eigenvalue weighted by Gasteiger charge is 2.22. The molecule has 1 N–H and O–H groups in total. The van der Waals surface area contributed by atoms with Crippen molar-refractivity contribution in [2.24, 2.45) is 5.92 Å². The van der Waals surface area contributed by atoms with Gasteiger partial charge in [-0.2, -0.15) is 5.26 Å². The summed E-state index contributed by atoms with van der Waals surface area (Å²) < 4.78 is 5.57. The molecule has 1 saturated heterocycles. The Hall–Kier alpha value is -3.14. The standard InChI is InChI=1S/C20H23N5O2/c1-15-4-2-3-5-18(15)27-14-19(26)24-13-16-6-10-25(11-7-16)20-17(12-21)22-8-9-23-20/h2-5,8-9,16H,6-7,10-11,13-14H2,1H3,(H,24,26). The van der Waals surface area contributed by atoms with Crippen LogP contribution in [0.25, 0.3) is 0 Å². The van der Waals surface area contributed by atoms with Crippen molar-refractivity contribution in [2.45, 2.75) is 19.8 Å². The first-order valence-electron chi connectivity index (χ1n) is 9.08. The van der Waals surface area contributed by atoms with Crippen LogP contribution in [0.2, 0.25) is 0 Å². The van der Waals surface area contributed by atoms with E-state index in [4.69, 9.17) is 10.00 Å². The number of nitriles is 1. The van der Waals surface area contributed by atoms with Gasteiger partial charge in [0.15, 0.2) is 18.1 Å². The van der Waals surface area contributed by atoms with Crippen LogP contribution in [-0.2, 0) is 4.79 Å². The molecule has 140 valence electrons. The van der Waals surface area contributed by atoms with Crippen molar-refractivity contribution in [1.82, 2.24) is 15.3 Å². The molecule has 2 aromatic rings. The van der Waals surface area contributed by atoms with Gasteiger partial charge in [-0.3, -0.25) is 4.79 Å². The third-order valence-corrected chi connectivity index (χ3v) is 4.74. The SMILES string of the molecule is Cc1ccccc1OCC(=O)NCC1CCN(c2nccnc2C#N)CC1. The Balaban J connectivity index is 1.41. The fraction of sp³-hybridized carbons (Fsp3) is 0.400. The van der Waals surface area contributed by atoms with Gasteiger partial charge in [-0.05, 0) is 37.3 Å². The molecule has 1 aromatic heterocycles. The molecule has 0 spiro atoms. The molecule has 27 heavy (non-hydrogen) atoms. The van der Waals surface area contributed by atoms with Gasteiger partial charge in [0.05, 0.1) is 0 Å². The first-order chi connectivity index (χ1) is 13.2. The normalized spacial score (nSPS) is 14.4. The van der Waals surface area contributed by atoms with Crippen molar-refractivity contribution in [3.05, 3.63) is 47.9 Å². The van der Waals surface area contributed by atoms with E-state index in [1.54, 1.807) is 6.20 Å². The molecule has 0 saturated carbocycles. The molecule has 1 aliphatic rings. The Bertz CT molecular complexity index is 825. The minimum absolute atomic E-state index is 0.0227. The van der Waals surface area contributed by atoms with Gasteiger partial charge in [0.2, 0.25) is 0 Å². The van der Waals surface area contributed by atoms with Gasteiger partial charge in [-0.15, -0.1) is 0 Å². The minimum Gasteiger partial charge on any atom is -0.484 e. The molecule has 7 nitrogen and oxygen atoms in total. The Morgan fingerprint density at radius 2 is 2.04 bits per heavy atom. The summed E-state index contributed by atoms with van der Waals surface area (Å²) in [6.07, 6.45) is 5.00. The molecule has 1 aliphatic heterocycles. The third kappa shape index (κ3) is 4.94. The van der Waals surface area contributed by atoms with E-state index in [9.17, 15) is 4.79 Å². The Labute approximate surface area is 159 Å². The number of ether oxygens (including phenoxy) is 1. The first kappa shape index (κ1) is 18.6. The van der Waals surface area contributed by atoms with Crippen LogP contribution >= 0.6 is 0 Å². The highest BCUT2D eigenvalue weighted by atomic mass is 16.5. The zero-order chi connectivity index (χ0) is 19.1. The smallest absolute Gasteiger partial charge is 0.257 e. The van der Waals surface area contributed by atoms with E-state index in [0.717, 1.165) is 37.2 Å². The molecule has 2 heterocycles. The highest BCUT2D eigenvalue weighted by Crippen LogP contribution is 2.23. The molecule has 0 aliphatic carbocycles. The highest BCUT2D eigenvalue weighted by molar-refractivity contribution is 5.77. The lowest BCUT2D eigenvalue weighted by Gasteiger charge is -2.32. The second-order valence-corrected chi connectivity index (χ2v) is 6.63. The maximum Gasteiger partial charge on any atom is 0.257 e. The number of nitrogens with one attached hydrogen (secondary N) is 1. The molecule has 3 rings (SSSR count). The molecular weight excluding hydrogens is 342 g/mol. The summed E-state index contributed by atoms with van der Waals surface area (Å²) in [5.74, 6) is 1.68. The van der Waals surface area contributed by atoms with Gasteiger partial charge in [-0.25, -0.2) is 9.97 Å². The van der Waals surface area contributed by atoms with E-state index in [1.807, 2.05) is 31.2 Å². The van der Waals surface area contributed by atoms with Crippen molar-refractivity contribution in [2.75, 3.05) is 31.1 Å². The summed E-state index contributed by atoms with van der Waals surface area (Å²) in [7, 11) is 0. The van der Waals surface area contributed by atoms with Gasteiger partial charge >= 0.3 is 0 Å². The molecule has 0 bridgehead atoms. The number of hydrogen-bond acceptors (Lipinski definition) is 6. The maximum absolute atomic E-state index is 12.0. The molecule has 0 radical (unpaired) electrons. The van der Waals surface area contributed by atoms with Gasteiger partial charge in [0.25, 0.3) is 5.91 Å². The van der Waals surface area contributed by atoms with Crippen LogP contribution in [-0.4, -0.2) is 42.1 Å². The van der Waals surface area contributed by atoms with E-state index in [2.05, 4.69) is 26.3 Å². The van der Waals surface area contributed by atoms with Gasteiger partial charge in [-0.1, -0.05) is 18.2 Å². The first-order valence-corrected chi connectivity index (χ1v) is 9.08. The summed E-state index contributed by atoms with van der Waals surface area (Å²) in [5, 5.41) is 12.1. The Kier molecular flexibility index (Phi) is 6.21. The summed E-state index contributed by atoms with van der Waals surface area (Å²) in [5.41, 5.74) is 1.37. The number of carbonyl (C=O) groups excluding carboxylic acids is 1. The average molecular weight is 365 g/mol. The molecule has 0 atom stereocenters. The lowest BCUT2D eigenvalue weighted by atomic mass is 9.96. The summed E-state index contributed by atoms with van der Waals surface area (Å²) in [6.45, 7) is 4.21. The van der Waals surface area contributed by atoms with Crippen LogP contribution in [0, 0.1) is 24.2 Å². The lowest BCUT2D eigenvalue weighted by Crippen LogP contribution is -2.40. The number of anilines is 1. The number of nitrogens with zero attached hydrogens (tertiary/aromatic N) is 4. The predicted molar refractivity (Wildman–Crippen MR) is 101 cm³/mol. The fourth-order valence-corrected chi connectivity index (χ4v) is 3.16. The lowest BCUT2D eigenvalue weighted by molar-refractivity contribution is -0.123. The summed E-state index contributed by atoms with van der Waals surface area (Å²) in [6, 6.07) is 9.74. The second-order valence-electron chi connectivity index (χ2n) is 6.63. The molecule has 1 fully saturated rings. The van der Waals surface area contributed by atoms with Crippen LogP contribution in [0.4, 0.5) is 5.82 Å². The van der Waals surface area contributed by atoms with Crippen LogP contribution in [0.3, 0.4) is 0 Å². The Morgan fingerprint density at radius 1 is 1.30 bits per heavy atom. The van der Waals surface area contributed by atoms with Gasteiger partial charge in [0.1, 0.15) is 11.8 Å². The van der Waals surface area contributed by atoms with E-state index < -0.39 is 0 Å². The van der Waals surface area contributed by atoms with Crippen LogP contribution in [0.5, 0.6) is 5.75 Å². The number of para-hydroxylation sites is 1. The van der Waals surface area contributed by atoms with Crippen molar-refractivity contribution < 1.29 is 9.53 Å².